The number of aryl methyl sites for hydroxylation is 1. The van der Waals surface area contributed by atoms with Crippen molar-refractivity contribution in [1.82, 2.24) is 5.48 Å². The van der Waals surface area contributed by atoms with E-state index in [9.17, 15) is 17.6 Å². The Labute approximate surface area is 169 Å². The van der Waals surface area contributed by atoms with E-state index in [0.29, 0.717) is 11.1 Å². The second kappa shape index (κ2) is 11.5. The molecule has 1 aliphatic rings. The summed E-state index contributed by atoms with van der Waals surface area (Å²) in [6.45, 7) is 1.87. The molecule has 0 bridgehead atoms. The Kier molecular flexibility index (Phi) is 10.0. The molecule has 0 aliphatic heterocycles. The van der Waals surface area contributed by atoms with Crippen molar-refractivity contribution in [3.05, 3.63) is 29.1 Å². The monoisotopic (exact) mass is 422 g/mol. The minimum atomic E-state index is -4.55. The first-order valence-electron chi connectivity index (χ1n) is 9.53. The highest BCUT2D eigenvalue weighted by Gasteiger charge is 2.43. The van der Waals surface area contributed by atoms with Crippen molar-refractivity contribution in [2.75, 3.05) is 20.8 Å². The van der Waals surface area contributed by atoms with E-state index in [2.05, 4.69) is 10.5 Å². The standard InChI is InChI=1S/C19H26F4N2O2.CH4O/c1-4-25-19(27-24-3,14-8-6-5-7-9-14)15-11-17(16(20)10-13(15)2)26-12-18(21,22)23;1-2/h4,10-11,14,24H,5-9,12H2,1-3H3;2H,1H3/b25-4+;. The number of ether oxygens (including phenoxy) is 1. The van der Waals surface area contributed by atoms with Crippen LogP contribution in [0.4, 0.5) is 17.6 Å². The summed E-state index contributed by atoms with van der Waals surface area (Å²) >= 11 is 0. The maximum atomic E-state index is 14.2. The highest BCUT2D eigenvalue weighted by Crippen LogP contribution is 2.45. The van der Waals surface area contributed by atoms with E-state index in [0.717, 1.165) is 39.2 Å². The van der Waals surface area contributed by atoms with Crippen LogP contribution in [0.2, 0.25) is 0 Å². The molecule has 29 heavy (non-hydrogen) atoms. The van der Waals surface area contributed by atoms with Gasteiger partial charge < -0.3 is 9.84 Å². The summed E-state index contributed by atoms with van der Waals surface area (Å²) in [5, 5.41) is 7.00. The van der Waals surface area contributed by atoms with Crippen LogP contribution in [-0.4, -0.2) is 38.3 Å². The first kappa shape index (κ1) is 25.3. The molecule has 1 fully saturated rings. The summed E-state index contributed by atoms with van der Waals surface area (Å²) < 4.78 is 56.5. The number of hydrogen-bond acceptors (Lipinski definition) is 5. The summed E-state index contributed by atoms with van der Waals surface area (Å²) in [6.07, 6.45) is 1.90. The van der Waals surface area contributed by atoms with Crippen LogP contribution < -0.4 is 10.2 Å². The smallest absolute Gasteiger partial charge is 0.422 e. The predicted octanol–water partition coefficient (Wildman–Crippen LogP) is 4.66. The van der Waals surface area contributed by atoms with Crippen LogP contribution in [0.5, 0.6) is 5.75 Å². The number of hydrogen-bond donors (Lipinski definition) is 2. The molecule has 1 aliphatic carbocycles. The predicted molar refractivity (Wildman–Crippen MR) is 103 cm³/mol. The summed E-state index contributed by atoms with van der Waals surface area (Å²) in [6, 6.07) is 2.46. The Morgan fingerprint density at radius 1 is 1.21 bits per heavy atom. The number of halogens is 4. The van der Waals surface area contributed by atoms with Gasteiger partial charge in [0, 0.05) is 25.6 Å². The topological polar surface area (TPSA) is 63.1 Å². The highest BCUT2D eigenvalue weighted by atomic mass is 19.4. The van der Waals surface area contributed by atoms with Crippen LogP contribution in [0, 0.1) is 18.7 Å². The molecule has 166 valence electrons. The summed E-state index contributed by atoms with van der Waals surface area (Å²) in [5.41, 5.74) is 2.56. The Hall–Kier alpha value is -1.71. The zero-order chi connectivity index (χ0) is 22.1. The Morgan fingerprint density at radius 2 is 1.83 bits per heavy atom. The summed E-state index contributed by atoms with van der Waals surface area (Å²) in [5.74, 6) is -1.29. The van der Waals surface area contributed by atoms with Gasteiger partial charge in [0.2, 0.25) is 5.72 Å². The zero-order valence-corrected chi connectivity index (χ0v) is 17.3. The number of benzene rings is 1. The van der Waals surface area contributed by atoms with Crippen molar-refractivity contribution < 1.29 is 32.2 Å². The Morgan fingerprint density at radius 3 is 2.34 bits per heavy atom. The molecule has 1 aromatic rings. The first-order chi connectivity index (χ1) is 13.7. The maximum absolute atomic E-state index is 14.2. The molecule has 0 saturated heterocycles. The minimum absolute atomic E-state index is 0.00882. The molecule has 9 heteroatoms. The number of hydroxylamine groups is 1. The molecular weight excluding hydrogens is 392 g/mol. The molecule has 0 radical (unpaired) electrons. The van der Waals surface area contributed by atoms with Crippen LogP contribution in [-0.2, 0) is 10.6 Å². The Bertz CT molecular complexity index is 662. The van der Waals surface area contributed by atoms with Crippen molar-refractivity contribution in [2.24, 2.45) is 10.9 Å². The van der Waals surface area contributed by atoms with Gasteiger partial charge in [-0.3, -0.25) is 9.83 Å². The third kappa shape index (κ3) is 6.65. The molecule has 1 saturated carbocycles. The van der Waals surface area contributed by atoms with Gasteiger partial charge in [0.05, 0.1) is 0 Å². The van der Waals surface area contributed by atoms with Gasteiger partial charge in [0.15, 0.2) is 18.2 Å². The van der Waals surface area contributed by atoms with Crippen LogP contribution in [0.3, 0.4) is 0 Å². The van der Waals surface area contributed by atoms with Crippen LogP contribution >= 0.6 is 0 Å². The van der Waals surface area contributed by atoms with Crippen LogP contribution in [0.25, 0.3) is 0 Å². The normalized spacial score (nSPS) is 17.6. The molecule has 1 unspecified atom stereocenters. The summed E-state index contributed by atoms with van der Waals surface area (Å²) in [7, 11) is 2.60. The fourth-order valence-electron chi connectivity index (χ4n) is 3.71. The number of aliphatic hydroxyl groups excluding tert-OH is 1. The van der Waals surface area contributed by atoms with E-state index in [-0.39, 0.29) is 5.92 Å². The van der Waals surface area contributed by atoms with Gasteiger partial charge in [-0.25, -0.2) is 9.87 Å². The number of nitrogens with one attached hydrogen (secondary N) is 1. The molecule has 5 nitrogen and oxygen atoms in total. The van der Waals surface area contributed by atoms with Crippen molar-refractivity contribution in [3.8, 4) is 5.75 Å². The van der Waals surface area contributed by atoms with Gasteiger partial charge in [-0.05, 0) is 50.6 Å². The molecule has 2 N–H and O–H groups in total. The number of alkyl halides is 3. The van der Waals surface area contributed by atoms with Gasteiger partial charge in [-0.2, -0.15) is 13.2 Å². The largest absolute Gasteiger partial charge is 0.481 e. The lowest BCUT2D eigenvalue weighted by atomic mass is 9.77. The van der Waals surface area contributed by atoms with Crippen LogP contribution in [0.1, 0.15) is 50.2 Å². The lowest BCUT2D eigenvalue weighted by molar-refractivity contribution is -0.154. The number of aliphatic hydroxyl groups is 1. The van der Waals surface area contributed by atoms with E-state index < -0.39 is 30.1 Å². The first-order valence-corrected chi connectivity index (χ1v) is 9.53. The van der Waals surface area contributed by atoms with E-state index in [4.69, 9.17) is 14.7 Å². The van der Waals surface area contributed by atoms with Gasteiger partial charge in [0.1, 0.15) is 0 Å². The second-order valence-electron chi connectivity index (χ2n) is 6.73. The second-order valence-corrected chi connectivity index (χ2v) is 6.73. The molecule has 0 heterocycles. The lowest BCUT2D eigenvalue weighted by Crippen LogP contribution is -2.41. The minimum Gasteiger partial charge on any atom is -0.481 e. The van der Waals surface area contributed by atoms with E-state index in [1.165, 1.54) is 12.1 Å². The fraction of sp³-hybridized carbons (Fsp3) is 0.650. The van der Waals surface area contributed by atoms with Crippen molar-refractivity contribution in [3.63, 3.8) is 0 Å². The number of rotatable bonds is 7. The molecule has 1 aromatic carbocycles. The summed E-state index contributed by atoms with van der Waals surface area (Å²) in [4.78, 5) is 10.4. The number of aliphatic imine (C=N–C) groups is 1. The van der Waals surface area contributed by atoms with E-state index in [1.807, 2.05) is 0 Å². The number of nitrogens with zero attached hydrogens (tertiary/aromatic N) is 1. The molecule has 1 atom stereocenters. The van der Waals surface area contributed by atoms with Crippen molar-refractivity contribution in [2.45, 2.75) is 57.9 Å². The maximum Gasteiger partial charge on any atom is 0.422 e. The van der Waals surface area contributed by atoms with Gasteiger partial charge in [0.25, 0.3) is 0 Å². The molecule has 0 aromatic heterocycles. The third-order valence-electron chi connectivity index (χ3n) is 4.79. The van der Waals surface area contributed by atoms with E-state index >= 15 is 0 Å². The molecule has 0 spiro atoms. The van der Waals surface area contributed by atoms with Crippen LogP contribution in [0.15, 0.2) is 17.1 Å². The average molecular weight is 422 g/mol. The fourth-order valence-corrected chi connectivity index (χ4v) is 3.71. The molecule has 2 rings (SSSR count). The molecular formula is C20H30F4N2O3. The lowest BCUT2D eigenvalue weighted by Gasteiger charge is -2.40. The quantitative estimate of drug-likeness (QED) is 0.381. The SMILES string of the molecule is C/C=N/C(ONC)(c1cc(OCC(F)(F)F)c(F)cc1C)C1CCCCC1.CO. The third-order valence-corrected chi connectivity index (χ3v) is 4.79. The Balaban J connectivity index is 0.00000204. The van der Waals surface area contributed by atoms with Gasteiger partial charge in [-0.15, -0.1) is 0 Å². The van der Waals surface area contributed by atoms with Gasteiger partial charge >= 0.3 is 6.18 Å². The van der Waals surface area contributed by atoms with Gasteiger partial charge in [-0.1, -0.05) is 19.3 Å². The molecule has 0 amide bonds. The van der Waals surface area contributed by atoms with Crippen molar-refractivity contribution in [1.29, 1.82) is 0 Å². The van der Waals surface area contributed by atoms with Crippen molar-refractivity contribution >= 4 is 6.21 Å². The highest BCUT2D eigenvalue weighted by molar-refractivity contribution is 5.55. The zero-order valence-electron chi connectivity index (χ0n) is 17.3. The van der Waals surface area contributed by atoms with E-state index in [1.54, 1.807) is 27.1 Å². The average Bonchev–Trinajstić information content (AvgIpc) is 2.68.